The van der Waals surface area contributed by atoms with Crippen molar-refractivity contribution in [3.63, 3.8) is 0 Å². The molecular formula is C20H22BrF3N4O2S. The van der Waals surface area contributed by atoms with Crippen LogP contribution in [0.5, 0.6) is 0 Å². The number of hydrogen-bond donors (Lipinski definition) is 0. The number of alkyl halides is 4. The van der Waals surface area contributed by atoms with Crippen molar-refractivity contribution in [2.45, 2.75) is 63.4 Å². The van der Waals surface area contributed by atoms with E-state index in [-0.39, 0.29) is 22.9 Å². The van der Waals surface area contributed by atoms with Crippen LogP contribution in [0.1, 0.15) is 50.8 Å². The van der Waals surface area contributed by atoms with Crippen LogP contribution < -0.4 is 4.90 Å². The number of amides is 1. The summed E-state index contributed by atoms with van der Waals surface area (Å²) in [7, 11) is 0. The number of nitriles is 1. The molecule has 1 aromatic heterocycles. The Kier molecular flexibility index (Phi) is 6.93. The molecule has 1 amide bonds. The van der Waals surface area contributed by atoms with Crippen LogP contribution in [0.25, 0.3) is 0 Å². The van der Waals surface area contributed by atoms with Gasteiger partial charge in [-0.1, -0.05) is 15.9 Å². The summed E-state index contributed by atoms with van der Waals surface area (Å²) in [6.45, 7) is 4.07. The number of ether oxygens (including phenoxy) is 1. The molecule has 0 radical (unpaired) electrons. The average Bonchev–Trinajstić information content (AvgIpc) is 2.90. The second kappa shape index (κ2) is 9.00. The molecule has 2 fully saturated rings. The van der Waals surface area contributed by atoms with Gasteiger partial charge in [-0.05, 0) is 57.8 Å². The summed E-state index contributed by atoms with van der Waals surface area (Å²) in [5.41, 5.74) is -3.04. The molecule has 1 aromatic rings. The number of nitrogens with zero attached hydrogens (tertiary/aromatic N) is 4. The SMILES string of the molecule is CC1(C)C(=O)N(c2cnc(C#N)c(C(F)(F)F)c2)C(=S)N1C1CCC(OCCBr)CC1. The van der Waals surface area contributed by atoms with Crippen molar-refractivity contribution < 1.29 is 22.7 Å². The first-order chi connectivity index (χ1) is 14.5. The molecule has 0 N–H and O–H groups in total. The molecule has 11 heteroatoms. The molecule has 168 valence electrons. The summed E-state index contributed by atoms with van der Waals surface area (Å²) in [4.78, 5) is 19.8. The summed E-state index contributed by atoms with van der Waals surface area (Å²) in [6, 6.07) is 2.19. The molecule has 1 saturated carbocycles. The van der Waals surface area contributed by atoms with E-state index in [0.29, 0.717) is 6.61 Å². The minimum atomic E-state index is -4.78. The molecule has 3 rings (SSSR count). The van der Waals surface area contributed by atoms with Gasteiger partial charge in [0.1, 0.15) is 11.6 Å². The number of hydrogen-bond acceptors (Lipinski definition) is 5. The predicted octanol–water partition coefficient (Wildman–Crippen LogP) is 4.41. The highest BCUT2D eigenvalue weighted by atomic mass is 79.9. The quantitative estimate of drug-likeness (QED) is 0.424. The van der Waals surface area contributed by atoms with Gasteiger partial charge in [0.2, 0.25) is 0 Å². The van der Waals surface area contributed by atoms with Crippen molar-refractivity contribution in [1.82, 2.24) is 9.88 Å². The number of thiocarbonyl (C=S) groups is 1. The van der Waals surface area contributed by atoms with E-state index >= 15 is 0 Å². The average molecular weight is 519 g/mol. The Morgan fingerprint density at radius 1 is 1.35 bits per heavy atom. The highest BCUT2D eigenvalue weighted by Gasteiger charge is 2.52. The summed E-state index contributed by atoms with van der Waals surface area (Å²) in [5, 5.41) is 9.89. The largest absolute Gasteiger partial charge is 0.419 e. The fourth-order valence-electron chi connectivity index (χ4n) is 4.21. The van der Waals surface area contributed by atoms with Crippen LogP contribution in [0.15, 0.2) is 12.3 Å². The van der Waals surface area contributed by atoms with Gasteiger partial charge in [-0.25, -0.2) is 4.98 Å². The third kappa shape index (κ3) is 4.56. The lowest BCUT2D eigenvalue weighted by molar-refractivity contribution is -0.138. The molecule has 1 aliphatic heterocycles. The minimum Gasteiger partial charge on any atom is -0.377 e. The molecule has 0 unspecified atom stereocenters. The van der Waals surface area contributed by atoms with Gasteiger partial charge in [0, 0.05) is 11.4 Å². The number of carbonyl (C=O) groups excluding carboxylic acids is 1. The standard InChI is InChI=1S/C20H22BrF3N4O2S/c1-19(2)17(29)27(13-9-15(20(22,23)24)16(10-25)26-11-13)18(31)28(19)12-3-5-14(6-4-12)30-8-7-21/h9,11-12,14H,3-8H2,1-2H3. The number of aromatic nitrogens is 1. The lowest BCUT2D eigenvalue weighted by atomic mass is 9.89. The number of halogens is 4. The highest BCUT2D eigenvalue weighted by Crippen LogP contribution is 2.40. The van der Waals surface area contributed by atoms with Gasteiger partial charge >= 0.3 is 6.18 Å². The Morgan fingerprint density at radius 2 is 2.00 bits per heavy atom. The molecule has 6 nitrogen and oxygen atoms in total. The predicted molar refractivity (Wildman–Crippen MR) is 116 cm³/mol. The topological polar surface area (TPSA) is 69.5 Å². The van der Waals surface area contributed by atoms with E-state index in [9.17, 15) is 18.0 Å². The Bertz CT molecular complexity index is 911. The lowest BCUT2D eigenvalue weighted by Crippen LogP contribution is -2.51. The normalized spacial score (nSPS) is 23.9. The maximum atomic E-state index is 13.4. The van der Waals surface area contributed by atoms with Crippen LogP contribution in [0, 0.1) is 11.3 Å². The second-order valence-corrected chi connectivity index (χ2v) is 9.20. The van der Waals surface area contributed by atoms with Crippen molar-refractivity contribution in [1.29, 1.82) is 5.26 Å². The highest BCUT2D eigenvalue weighted by molar-refractivity contribution is 9.09. The third-order valence-corrected chi connectivity index (χ3v) is 6.41. The maximum absolute atomic E-state index is 13.4. The summed E-state index contributed by atoms with van der Waals surface area (Å²) in [6.07, 6.45) is -0.384. The van der Waals surface area contributed by atoms with Gasteiger partial charge in [0.15, 0.2) is 10.8 Å². The zero-order valence-corrected chi connectivity index (χ0v) is 19.5. The van der Waals surface area contributed by atoms with Crippen LogP contribution in [0.2, 0.25) is 0 Å². The molecule has 1 aliphatic carbocycles. The monoisotopic (exact) mass is 518 g/mol. The van der Waals surface area contributed by atoms with Crippen LogP contribution >= 0.6 is 28.1 Å². The van der Waals surface area contributed by atoms with Gasteiger partial charge in [0.05, 0.1) is 30.2 Å². The van der Waals surface area contributed by atoms with E-state index < -0.39 is 28.9 Å². The third-order valence-electron chi connectivity index (χ3n) is 5.71. The van der Waals surface area contributed by atoms with Crippen LogP contribution in [-0.2, 0) is 15.7 Å². The lowest BCUT2D eigenvalue weighted by Gasteiger charge is -2.40. The molecule has 2 aliphatic rings. The van der Waals surface area contributed by atoms with E-state index in [1.807, 2.05) is 4.90 Å². The Morgan fingerprint density at radius 3 is 2.55 bits per heavy atom. The van der Waals surface area contributed by atoms with Crippen LogP contribution in [0.3, 0.4) is 0 Å². The first-order valence-electron chi connectivity index (χ1n) is 9.85. The first-order valence-corrected chi connectivity index (χ1v) is 11.4. The molecule has 0 bridgehead atoms. The Balaban J connectivity index is 1.88. The summed E-state index contributed by atoms with van der Waals surface area (Å²) >= 11 is 8.91. The molecule has 1 saturated heterocycles. The van der Waals surface area contributed by atoms with Gasteiger partial charge in [-0.3, -0.25) is 9.69 Å². The summed E-state index contributed by atoms with van der Waals surface area (Å²) < 4.78 is 45.9. The first kappa shape index (κ1) is 23.9. The number of rotatable bonds is 5. The van der Waals surface area contributed by atoms with Crippen molar-refractivity contribution in [3.05, 3.63) is 23.5 Å². The maximum Gasteiger partial charge on any atom is 0.419 e. The molecule has 0 spiro atoms. The zero-order valence-electron chi connectivity index (χ0n) is 17.1. The molecule has 0 atom stereocenters. The summed E-state index contributed by atoms with van der Waals surface area (Å²) in [5.74, 6) is -0.421. The molecule has 2 heterocycles. The van der Waals surface area contributed by atoms with Gasteiger partial charge in [-0.15, -0.1) is 0 Å². The number of carbonyl (C=O) groups is 1. The Hall–Kier alpha value is -1.77. The van der Waals surface area contributed by atoms with Gasteiger partial charge in [0.25, 0.3) is 5.91 Å². The van der Waals surface area contributed by atoms with Crippen molar-refractivity contribution in [3.8, 4) is 6.07 Å². The Labute approximate surface area is 192 Å². The van der Waals surface area contributed by atoms with E-state index in [0.717, 1.165) is 48.2 Å². The van der Waals surface area contributed by atoms with Crippen molar-refractivity contribution in [2.75, 3.05) is 16.8 Å². The van der Waals surface area contributed by atoms with Crippen molar-refractivity contribution >= 4 is 44.9 Å². The smallest absolute Gasteiger partial charge is 0.377 e. The minimum absolute atomic E-state index is 0.0197. The fourth-order valence-corrected chi connectivity index (χ4v) is 4.97. The van der Waals surface area contributed by atoms with Gasteiger partial charge in [-0.2, -0.15) is 18.4 Å². The molecule has 0 aromatic carbocycles. The fraction of sp³-hybridized carbons (Fsp3) is 0.600. The van der Waals surface area contributed by atoms with Crippen LogP contribution in [0.4, 0.5) is 18.9 Å². The number of pyridine rings is 1. The molecule has 31 heavy (non-hydrogen) atoms. The number of anilines is 1. The van der Waals surface area contributed by atoms with Gasteiger partial charge < -0.3 is 9.64 Å². The zero-order chi connectivity index (χ0) is 23.0. The van der Waals surface area contributed by atoms with E-state index in [1.165, 1.54) is 6.07 Å². The van der Waals surface area contributed by atoms with Crippen molar-refractivity contribution in [2.24, 2.45) is 0 Å². The van der Waals surface area contributed by atoms with Crippen LogP contribution in [-0.4, -0.2) is 50.5 Å². The van der Waals surface area contributed by atoms with E-state index in [1.54, 1.807) is 13.8 Å². The second-order valence-electron chi connectivity index (χ2n) is 8.04. The molecular weight excluding hydrogens is 497 g/mol. The van der Waals surface area contributed by atoms with E-state index in [2.05, 4.69) is 20.9 Å². The van der Waals surface area contributed by atoms with E-state index in [4.69, 9.17) is 22.2 Å².